The largest absolute Gasteiger partial charge is 2.00 e. The van der Waals surface area contributed by atoms with Crippen LogP contribution in [0, 0.1) is 0 Å². The van der Waals surface area contributed by atoms with Crippen LogP contribution in [0.5, 0.6) is 0 Å². The Morgan fingerprint density at radius 3 is 1.04 bits per heavy atom. The number of aliphatic carboxylic acids is 2. The van der Waals surface area contributed by atoms with Gasteiger partial charge in [0.25, 0.3) is 0 Å². The fourth-order valence-corrected chi connectivity index (χ4v) is 1.21. The predicted octanol–water partition coefficient (Wildman–Crippen LogP) is -7.98. The standard InChI is InChI=1S/2C6H12O6.Ca/c2*7-2-5(10)3(8)1-4(9)6(11)12;/h2*3-5,7-10H,1-2H2,(H,11,12);/q;;+2/p-2/t2*3-,4-,5+;/m00./s1. The van der Waals surface area contributed by atoms with Crippen LogP contribution in [-0.2, 0) is 9.59 Å². The van der Waals surface area contributed by atoms with Crippen molar-refractivity contribution in [3.8, 4) is 0 Å². The van der Waals surface area contributed by atoms with Crippen molar-refractivity contribution in [1.82, 2.24) is 0 Å². The van der Waals surface area contributed by atoms with E-state index >= 15 is 0 Å². The van der Waals surface area contributed by atoms with Gasteiger partial charge in [-0.2, -0.15) is 0 Å². The number of carboxylic acids is 2. The number of rotatable bonds is 10. The zero-order valence-corrected chi connectivity index (χ0v) is 15.4. The van der Waals surface area contributed by atoms with Crippen molar-refractivity contribution < 1.29 is 60.7 Å². The Bertz CT molecular complexity index is 334. The molecule has 0 aromatic rings. The molecule has 0 rings (SSSR count). The van der Waals surface area contributed by atoms with Gasteiger partial charge in [-0.1, -0.05) is 0 Å². The zero-order chi connectivity index (χ0) is 19.4. The number of carbonyl (C=O) groups excluding carboxylic acids is 2. The quantitative estimate of drug-likeness (QED) is 0.160. The molecule has 0 heterocycles. The summed E-state index contributed by atoms with van der Waals surface area (Å²) in [6, 6.07) is 0. The van der Waals surface area contributed by atoms with Gasteiger partial charge < -0.3 is 60.7 Å². The number of hydrogen-bond acceptors (Lipinski definition) is 12. The molecule has 144 valence electrons. The third kappa shape index (κ3) is 14.7. The van der Waals surface area contributed by atoms with E-state index < -0.39 is 74.6 Å². The molecule has 12 nitrogen and oxygen atoms in total. The summed E-state index contributed by atoms with van der Waals surface area (Å²) < 4.78 is 0. The van der Waals surface area contributed by atoms with E-state index in [-0.39, 0.29) is 37.7 Å². The number of aliphatic hydroxyl groups excluding tert-OH is 8. The van der Waals surface area contributed by atoms with Gasteiger partial charge in [-0.3, -0.25) is 0 Å². The van der Waals surface area contributed by atoms with Gasteiger partial charge in [-0.15, -0.1) is 0 Å². The van der Waals surface area contributed by atoms with E-state index in [4.69, 9.17) is 40.9 Å². The molecule has 0 aliphatic heterocycles. The average molecular weight is 398 g/mol. The molecule has 0 spiro atoms. The van der Waals surface area contributed by atoms with Crippen LogP contribution in [0.1, 0.15) is 12.8 Å². The molecule has 6 atom stereocenters. The smallest absolute Gasteiger partial charge is 0.547 e. The summed E-state index contributed by atoms with van der Waals surface area (Å²) in [7, 11) is 0. The molecule has 0 saturated carbocycles. The second kappa shape index (κ2) is 16.1. The van der Waals surface area contributed by atoms with Crippen LogP contribution in [0.4, 0.5) is 0 Å². The van der Waals surface area contributed by atoms with Crippen molar-refractivity contribution in [3.05, 3.63) is 0 Å². The fourth-order valence-electron chi connectivity index (χ4n) is 1.21. The molecule has 25 heavy (non-hydrogen) atoms. The minimum atomic E-state index is -1.83. The van der Waals surface area contributed by atoms with Crippen LogP contribution in [0.25, 0.3) is 0 Å². The van der Waals surface area contributed by atoms with Gasteiger partial charge in [0, 0.05) is 12.8 Å². The van der Waals surface area contributed by atoms with Gasteiger partial charge in [-0.25, -0.2) is 0 Å². The van der Waals surface area contributed by atoms with Crippen LogP contribution < -0.4 is 10.2 Å². The molecule has 0 aromatic heterocycles. The SMILES string of the molecule is O=C([O-])[C@@H](O)C[C@H](O)[C@H](O)CO.O=C([O-])[C@@H](O)C[C@H](O)[C@H](O)CO.[Ca+2]. The van der Waals surface area contributed by atoms with Gasteiger partial charge in [-0.05, 0) is 0 Å². The summed E-state index contributed by atoms with van der Waals surface area (Å²) in [5.74, 6) is -3.45. The molecule has 13 heteroatoms. The van der Waals surface area contributed by atoms with Crippen LogP contribution in [-0.4, -0.2) is 140 Å². The molecule has 0 amide bonds. The van der Waals surface area contributed by atoms with E-state index in [2.05, 4.69) is 0 Å². The number of carboxylic acid groups (broad SMARTS) is 2. The summed E-state index contributed by atoms with van der Waals surface area (Å²) in [6.07, 6.45) is -10.6. The Hall–Kier alpha value is -0.120. The molecule has 0 saturated heterocycles. The molecule has 0 aliphatic rings. The van der Waals surface area contributed by atoms with Gasteiger partial charge in [0.15, 0.2) is 0 Å². The van der Waals surface area contributed by atoms with Crippen LogP contribution >= 0.6 is 0 Å². The van der Waals surface area contributed by atoms with E-state index in [9.17, 15) is 19.8 Å². The van der Waals surface area contributed by atoms with Gasteiger partial charge in [0.05, 0.1) is 49.6 Å². The van der Waals surface area contributed by atoms with Crippen molar-refractivity contribution in [1.29, 1.82) is 0 Å². The Kier molecular flexibility index (Phi) is 19.1. The first-order valence-electron chi connectivity index (χ1n) is 6.69. The van der Waals surface area contributed by atoms with E-state index in [0.29, 0.717) is 0 Å². The summed E-state index contributed by atoms with van der Waals surface area (Å²) in [6.45, 7) is -1.39. The number of hydrogen-bond donors (Lipinski definition) is 8. The van der Waals surface area contributed by atoms with Crippen LogP contribution in [0.3, 0.4) is 0 Å². The van der Waals surface area contributed by atoms with Crippen molar-refractivity contribution in [3.63, 3.8) is 0 Å². The Morgan fingerprint density at radius 1 is 0.640 bits per heavy atom. The summed E-state index contributed by atoms with van der Waals surface area (Å²) in [5.41, 5.74) is 0. The minimum absolute atomic E-state index is 0. The fraction of sp³-hybridized carbons (Fsp3) is 0.833. The van der Waals surface area contributed by atoms with E-state index in [1.165, 1.54) is 0 Å². The first kappa shape index (κ1) is 29.6. The Balaban J connectivity index is -0.000000372. The number of aliphatic hydroxyl groups is 8. The maximum Gasteiger partial charge on any atom is 2.00 e. The van der Waals surface area contributed by atoms with Gasteiger partial charge in [0.1, 0.15) is 12.2 Å². The Morgan fingerprint density at radius 2 is 0.880 bits per heavy atom. The molecule has 0 bridgehead atoms. The number of carbonyl (C=O) groups is 2. The molecular weight excluding hydrogens is 376 g/mol. The second-order valence-electron chi connectivity index (χ2n) is 4.78. The van der Waals surface area contributed by atoms with E-state index in [0.717, 1.165) is 0 Å². The Labute approximate surface area is 172 Å². The summed E-state index contributed by atoms with van der Waals surface area (Å²) >= 11 is 0. The maximum atomic E-state index is 9.93. The minimum Gasteiger partial charge on any atom is -0.547 e. The summed E-state index contributed by atoms with van der Waals surface area (Å²) in [5, 5.41) is 88.9. The zero-order valence-electron chi connectivity index (χ0n) is 13.2. The van der Waals surface area contributed by atoms with Crippen molar-refractivity contribution in [2.45, 2.75) is 49.5 Å². The molecule has 8 N–H and O–H groups in total. The molecule has 0 aromatic carbocycles. The van der Waals surface area contributed by atoms with E-state index in [1.807, 2.05) is 0 Å². The van der Waals surface area contributed by atoms with Crippen LogP contribution in [0.2, 0.25) is 0 Å². The monoisotopic (exact) mass is 398 g/mol. The second-order valence-corrected chi connectivity index (χ2v) is 4.78. The first-order valence-corrected chi connectivity index (χ1v) is 6.69. The van der Waals surface area contributed by atoms with Gasteiger partial charge >= 0.3 is 37.7 Å². The topological polar surface area (TPSA) is 242 Å². The third-order valence-corrected chi connectivity index (χ3v) is 2.74. The molecule has 0 aliphatic carbocycles. The van der Waals surface area contributed by atoms with Crippen LogP contribution in [0.15, 0.2) is 0 Å². The van der Waals surface area contributed by atoms with E-state index in [1.54, 1.807) is 0 Å². The molecule has 0 fully saturated rings. The van der Waals surface area contributed by atoms with Gasteiger partial charge in [0.2, 0.25) is 0 Å². The van der Waals surface area contributed by atoms with Crippen molar-refractivity contribution in [2.75, 3.05) is 13.2 Å². The average Bonchev–Trinajstić information content (AvgIpc) is 2.53. The molecule has 0 radical (unpaired) electrons. The third-order valence-electron chi connectivity index (χ3n) is 2.74. The summed E-state index contributed by atoms with van der Waals surface area (Å²) in [4.78, 5) is 19.9. The first-order chi connectivity index (χ1) is 11.0. The van der Waals surface area contributed by atoms with Crippen molar-refractivity contribution in [2.24, 2.45) is 0 Å². The molecular formula is C12H22CaO12. The molecule has 0 unspecified atom stereocenters. The normalized spacial score (nSPS) is 17.6. The predicted molar refractivity (Wildman–Crippen MR) is 75.2 cm³/mol. The van der Waals surface area contributed by atoms with Crippen molar-refractivity contribution >= 4 is 49.7 Å². The maximum absolute atomic E-state index is 9.93.